The lowest BCUT2D eigenvalue weighted by Gasteiger charge is -2.34. The Labute approximate surface area is 122 Å². The Morgan fingerprint density at radius 1 is 1.35 bits per heavy atom. The average Bonchev–Trinajstić information content (AvgIpc) is 2.71. The highest BCUT2D eigenvalue weighted by atomic mass is 35.5. The van der Waals surface area contributed by atoms with Gasteiger partial charge in [-0.25, -0.2) is 4.39 Å². The second kappa shape index (κ2) is 4.61. The van der Waals surface area contributed by atoms with Crippen LogP contribution in [0.3, 0.4) is 0 Å². The van der Waals surface area contributed by atoms with Gasteiger partial charge in [-0.2, -0.15) is 0 Å². The SMILES string of the molecule is CC1(C)Cc2c(ccn2-c2ccc(F)cc2Cl)C(O)C1. The molecule has 1 N–H and O–H groups in total. The predicted molar refractivity (Wildman–Crippen MR) is 77.8 cm³/mol. The number of halogens is 2. The van der Waals surface area contributed by atoms with E-state index in [1.807, 2.05) is 16.8 Å². The van der Waals surface area contributed by atoms with Gasteiger partial charge in [0, 0.05) is 17.5 Å². The molecule has 1 aliphatic rings. The van der Waals surface area contributed by atoms with Crippen molar-refractivity contribution in [2.75, 3.05) is 0 Å². The highest BCUT2D eigenvalue weighted by Crippen LogP contribution is 2.42. The topological polar surface area (TPSA) is 25.2 Å². The highest BCUT2D eigenvalue weighted by Gasteiger charge is 2.33. The van der Waals surface area contributed by atoms with E-state index in [0.717, 1.165) is 29.8 Å². The molecule has 1 aromatic carbocycles. The first-order chi connectivity index (χ1) is 9.37. The summed E-state index contributed by atoms with van der Waals surface area (Å²) in [4.78, 5) is 0. The predicted octanol–water partition coefficient (Wildman–Crippen LogP) is 4.28. The van der Waals surface area contributed by atoms with Crippen LogP contribution < -0.4 is 0 Å². The zero-order valence-electron chi connectivity index (χ0n) is 11.5. The molecule has 1 unspecified atom stereocenters. The summed E-state index contributed by atoms with van der Waals surface area (Å²) >= 11 is 6.15. The lowest BCUT2D eigenvalue weighted by atomic mass is 9.75. The molecule has 0 bridgehead atoms. The van der Waals surface area contributed by atoms with Crippen LogP contribution in [-0.4, -0.2) is 9.67 Å². The Morgan fingerprint density at radius 3 is 2.80 bits per heavy atom. The molecule has 4 heteroatoms. The number of aromatic nitrogens is 1. The fraction of sp³-hybridized carbons (Fsp3) is 0.375. The Hall–Kier alpha value is -1.32. The third-order valence-corrected chi connectivity index (χ3v) is 4.25. The molecule has 0 radical (unpaired) electrons. The molecule has 0 saturated heterocycles. The summed E-state index contributed by atoms with van der Waals surface area (Å²) in [5.74, 6) is -0.347. The zero-order valence-corrected chi connectivity index (χ0v) is 12.3. The van der Waals surface area contributed by atoms with E-state index in [9.17, 15) is 9.50 Å². The van der Waals surface area contributed by atoms with Gasteiger partial charge in [0.1, 0.15) is 5.82 Å². The van der Waals surface area contributed by atoms with E-state index in [2.05, 4.69) is 13.8 Å². The van der Waals surface area contributed by atoms with Gasteiger partial charge >= 0.3 is 0 Å². The third-order valence-electron chi connectivity index (χ3n) is 3.95. The van der Waals surface area contributed by atoms with Crippen LogP contribution in [0.25, 0.3) is 5.69 Å². The molecule has 3 rings (SSSR count). The van der Waals surface area contributed by atoms with Crippen molar-refractivity contribution in [3.8, 4) is 5.69 Å². The minimum atomic E-state index is -0.450. The number of aliphatic hydroxyl groups is 1. The number of hydrogen-bond acceptors (Lipinski definition) is 1. The minimum Gasteiger partial charge on any atom is -0.388 e. The summed E-state index contributed by atoms with van der Waals surface area (Å²) in [5, 5.41) is 10.6. The van der Waals surface area contributed by atoms with Crippen molar-refractivity contribution in [2.24, 2.45) is 5.41 Å². The first-order valence-corrected chi connectivity index (χ1v) is 7.09. The van der Waals surface area contributed by atoms with Crippen LogP contribution in [0, 0.1) is 11.2 Å². The van der Waals surface area contributed by atoms with Crippen molar-refractivity contribution in [1.82, 2.24) is 4.57 Å². The molecule has 20 heavy (non-hydrogen) atoms. The maximum absolute atomic E-state index is 13.2. The summed E-state index contributed by atoms with van der Waals surface area (Å²) in [6.45, 7) is 4.28. The van der Waals surface area contributed by atoms with Gasteiger partial charge in [0.2, 0.25) is 0 Å². The summed E-state index contributed by atoms with van der Waals surface area (Å²) in [5.41, 5.74) is 2.79. The van der Waals surface area contributed by atoms with E-state index in [0.29, 0.717) is 5.02 Å². The maximum Gasteiger partial charge on any atom is 0.124 e. The molecule has 1 aromatic heterocycles. The van der Waals surface area contributed by atoms with E-state index in [-0.39, 0.29) is 11.2 Å². The first kappa shape index (κ1) is 13.7. The van der Waals surface area contributed by atoms with Gasteiger partial charge in [0.05, 0.1) is 16.8 Å². The summed E-state index contributed by atoms with van der Waals surface area (Å²) in [6, 6.07) is 6.31. The fourth-order valence-electron chi connectivity index (χ4n) is 3.03. The molecule has 1 atom stereocenters. The van der Waals surface area contributed by atoms with Crippen LogP contribution in [0.5, 0.6) is 0 Å². The Bertz CT molecular complexity index is 662. The van der Waals surface area contributed by atoms with Crippen LogP contribution in [0.4, 0.5) is 4.39 Å². The smallest absolute Gasteiger partial charge is 0.124 e. The molecular formula is C16H17ClFNO. The van der Waals surface area contributed by atoms with Gasteiger partial charge in [0.25, 0.3) is 0 Å². The van der Waals surface area contributed by atoms with Gasteiger partial charge in [-0.1, -0.05) is 25.4 Å². The summed E-state index contributed by atoms with van der Waals surface area (Å²) in [7, 11) is 0. The molecular weight excluding hydrogens is 277 g/mol. The first-order valence-electron chi connectivity index (χ1n) is 6.71. The molecule has 2 nitrogen and oxygen atoms in total. The van der Waals surface area contributed by atoms with Crippen molar-refractivity contribution < 1.29 is 9.50 Å². The normalized spacial score (nSPS) is 20.8. The molecule has 1 aliphatic carbocycles. The van der Waals surface area contributed by atoms with Gasteiger partial charge in [0.15, 0.2) is 0 Å². The Kier molecular flexibility index (Phi) is 3.14. The van der Waals surface area contributed by atoms with Crippen molar-refractivity contribution in [3.63, 3.8) is 0 Å². The largest absolute Gasteiger partial charge is 0.388 e. The van der Waals surface area contributed by atoms with E-state index in [4.69, 9.17) is 11.6 Å². The Morgan fingerprint density at radius 2 is 2.10 bits per heavy atom. The Balaban J connectivity index is 2.13. The van der Waals surface area contributed by atoms with Crippen molar-refractivity contribution in [1.29, 1.82) is 0 Å². The number of hydrogen-bond donors (Lipinski definition) is 1. The number of benzene rings is 1. The van der Waals surface area contributed by atoms with Crippen molar-refractivity contribution in [3.05, 3.63) is 52.6 Å². The van der Waals surface area contributed by atoms with Crippen LogP contribution in [0.2, 0.25) is 5.02 Å². The molecule has 0 amide bonds. The van der Waals surface area contributed by atoms with Crippen molar-refractivity contribution >= 4 is 11.6 Å². The monoisotopic (exact) mass is 293 g/mol. The standard InChI is InChI=1S/C16H17ClFNO/c1-16(2)8-14-11(15(20)9-16)5-6-19(14)13-4-3-10(18)7-12(13)17/h3-7,15,20H,8-9H2,1-2H3. The highest BCUT2D eigenvalue weighted by molar-refractivity contribution is 6.32. The second-order valence-corrected chi connectivity index (χ2v) is 6.65. The van der Waals surface area contributed by atoms with Crippen LogP contribution in [-0.2, 0) is 6.42 Å². The van der Waals surface area contributed by atoms with Gasteiger partial charge in [-0.3, -0.25) is 0 Å². The summed E-state index contributed by atoms with van der Waals surface area (Å²) < 4.78 is 15.1. The zero-order chi connectivity index (χ0) is 14.5. The summed E-state index contributed by atoms with van der Waals surface area (Å²) in [6.07, 6.45) is 3.06. The molecule has 0 fully saturated rings. The lowest BCUT2D eigenvalue weighted by molar-refractivity contribution is 0.0987. The van der Waals surface area contributed by atoms with Crippen molar-refractivity contribution in [2.45, 2.75) is 32.8 Å². The molecule has 2 aromatic rings. The second-order valence-electron chi connectivity index (χ2n) is 6.24. The van der Waals surface area contributed by atoms with Gasteiger partial charge in [-0.05, 0) is 42.5 Å². The van der Waals surface area contributed by atoms with Gasteiger partial charge in [-0.15, -0.1) is 0 Å². The van der Waals surface area contributed by atoms with E-state index in [1.54, 1.807) is 6.07 Å². The van der Waals surface area contributed by atoms with Crippen LogP contribution in [0.15, 0.2) is 30.5 Å². The van der Waals surface area contributed by atoms with E-state index >= 15 is 0 Å². The maximum atomic E-state index is 13.2. The quantitative estimate of drug-likeness (QED) is 0.834. The average molecular weight is 294 g/mol. The fourth-order valence-corrected chi connectivity index (χ4v) is 3.29. The number of aliphatic hydroxyl groups excluding tert-OH is 1. The third kappa shape index (κ3) is 2.25. The van der Waals surface area contributed by atoms with E-state index in [1.165, 1.54) is 12.1 Å². The number of nitrogens with zero attached hydrogens (tertiary/aromatic N) is 1. The molecule has 106 valence electrons. The van der Waals surface area contributed by atoms with Crippen LogP contribution in [0.1, 0.15) is 37.6 Å². The van der Waals surface area contributed by atoms with Crippen LogP contribution >= 0.6 is 11.6 Å². The molecule has 1 heterocycles. The lowest BCUT2D eigenvalue weighted by Crippen LogP contribution is -2.26. The molecule has 0 aliphatic heterocycles. The van der Waals surface area contributed by atoms with Gasteiger partial charge < -0.3 is 9.67 Å². The number of fused-ring (bicyclic) bond motifs is 1. The molecule has 0 spiro atoms. The van der Waals surface area contributed by atoms with E-state index < -0.39 is 6.10 Å². The minimum absolute atomic E-state index is 0.0367. The molecule has 0 saturated carbocycles. The number of rotatable bonds is 1.